The minimum absolute atomic E-state index is 0.221. The summed E-state index contributed by atoms with van der Waals surface area (Å²) < 4.78 is 11.5. The molecule has 0 spiro atoms. The minimum Gasteiger partial charge on any atom is -0.493 e. The van der Waals surface area contributed by atoms with E-state index in [0.717, 1.165) is 16.5 Å². The first-order chi connectivity index (χ1) is 8.49. The molecule has 0 aromatic heterocycles. The summed E-state index contributed by atoms with van der Waals surface area (Å²) in [7, 11) is 3.24. The average molecular weight is 315 g/mol. The maximum atomic E-state index is 11.0. The lowest BCUT2D eigenvalue weighted by Crippen LogP contribution is -2.01. The van der Waals surface area contributed by atoms with Crippen molar-refractivity contribution in [3.8, 4) is 11.5 Å². The maximum absolute atomic E-state index is 11.0. The Morgan fingerprint density at radius 2 is 1.83 bits per heavy atom. The molecule has 0 heterocycles. The summed E-state index contributed by atoms with van der Waals surface area (Å²) in [5.74, 6) is 1.93. The predicted octanol–water partition coefficient (Wildman–Crippen LogP) is 3.94. The smallest absolute Gasteiger partial charge is 0.161 e. The van der Waals surface area contributed by atoms with Crippen LogP contribution in [0.3, 0.4) is 0 Å². The fourth-order valence-corrected chi connectivity index (χ4v) is 2.54. The monoisotopic (exact) mass is 314 g/mol. The molecule has 3 nitrogen and oxygen atoms in total. The third kappa shape index (κ3) is 3.73. The van der Waals surface area contributed by atoms with E-state index in [4.69, 9.17) is 9.47 Å². The van der Waals surface area contributed by atoms with Gasteiger partial charge in [0.2, 0.25) is 0 Å². The van der Waals surface area contributed by atoms with Crippen molar-refractivity contribution in [3.63, 3.8) is 0 Å². The zero-order chi connectivity index (χ0) is 13.7. The molecule has 1 atom stereocenters. The number of rotatable bonds is 6. The van der Waals surface area contributed by atoms with Gasteiger partial charge in [0.15, 0.2) is 11.5 Å². The lowest BCUT2D eigenvalue weighted by molar-refractivity contribution is -0.117. The highest BCUT2D eigenvalue weighted by Gasteiger charge is 2.15. The van der Waals surface area contributed by atoms with Crippen LogP contribution in [-0.2, 0) is 4.79 Å². The van der Waals surface area contributed by atoms with E-state index in [1.807, 2.05) is 12.1 Å². The van der Waals surface area contributed by atoms with E-state index in [-0.39, 0.29) is 5.78 Å². The molecule has 0 N–H and O–H groups in total. The Hall–Kier alpha value is -1.03. The number of ether oxygens (including phenoxy) is 2. The number of halogens is 1. The van der Waals surface area contributed by atoms with E-state index in [1.165, 1.54) is 0 Å². The average Bonchev–Trinajstić information content (AvgIpc) is 2.35. The number of methoxy groups -OCH3 is 2. The fourth-order valence-electron chi connectivity index (χ4n) is 1.82. The molecule has 1 rings (SSSR count). The fraction of sp³-hybridized carbons (Fsp3) is 0.500. The van der Waals surface area contributed by atoms with Gasteiger partial charge in [0.1, 0.15) is 5.78 Å². The van der Waals surface area contributed by atoms with E-state index < -0.39 is 0 Å². The van der Waals surface area contributed by atoms with Crippen molar-refractivity contribution < 1.29 is 14.3 Å². The summed E-state index contributed by atoms with van der Waals surface area (Å²) in [6.45, 7) is 3.73. The van der Waals surface area contributed by atoms with Crippen molar-refractivity contribution in [2.75, 3.05) is 14.2 Å². The number of hydrogen-bond acceptors (Lipinski definition) is 3. The van der Waals surface area contributed by atoms with Crippen molar-refractivity contribution in [1.29, 1.82) is 0 Å². The third-order valence-electron chi connectivity index (χ3n) is 2.96. The highest BCUT2D eigenvalue weighted by molar-refractivity contribution is 9.10. The van der Waals surface area contributed by atoms with Gasteiger partial charge in [0, 0.05) is 10.9 Å². The topological polar surface area (TPSA) is 35.5 Å². The Morgan fingerprint density at radius 3 is 2.33 bits per heavy atom. The number of carbonyl (C=O) groups excluding carboxylic acids is 1. The molecule has 100 valence electrons. The molecule has 18 heavy (non-hydrogen) atoms. The van der Waals surface area contributed by atoms with E-state index >= 15 is 0 Å². The lowest BCUT2D eigenvalue weighted by Gasteiger charge is -2.16. The molecule has 0 aliphatic heterocycles. The second-order valence-corrected chi connectivity index (χ2v) is 5.22. The van der Waals surface area contributed by atoms with Crippen LogP contribution < -0.4 is 9.47 Å². The van der Waals surface area contributed by atoms with Crippen LogP contribution in [0.5, 0.6) is 11.5 Å². The van der Waals surface area contributed by atoms with E-state index in [0.29, 0.717) is 23.8 Å². The van der Waals surface area contributed by atoms with Gasteiger partial charge in [-0.25, -0.2) is 0 Å². The van der Waals surface area contributed by atoms with Crippen LogP contribution in [0.2, 0.25) is 0 Å². The van der Waals surface area contributed by atoms with Gasteiger partial charge in [-0.15, -0.1) is 0 Å². The Balaban J connectivity index is 2.97. The Labute approximate surface area is 117 Å². The molecular formula is C14H19BrO3. The van der Waals surface area contributed by atoms with Crippen LogP contribution in [-0.4, -0.2) is 20.0 Å². The van der Waals surface area contributed by atoms with Crippen molar-refractivity contribution >= 4 is 21.7 Å². The van der Waals surface area contributed by atoms with E-state index in [1.54, 1.807) is 21.1 Å². The first kappa shape index (κ1) is 15.0. The third-order valence-corrected chi connectivity index (χ3v) is 3.65. The second-order valence-electron chi connectivity index (χ2n) is 4.37. The second kappa shape index (κ2) is 6.78. The first-order valence-electron chi connectivity index (χ1n) is 5.90. The molecule has 1 unspecified atom stereocenters. The maximum Gasteiger partial charge on any atom is 0.161 e. The molecule has 0 saturated carbocycles. The molecule has 0 radical (unpaired) electrons. The van der Waals surface area contributed by atoms with Crippen molar-refractivity contribution in [1.82, 2.24) is 0 Å². The molecule has 0 bridgehead atoms. The zero-order valence-electron chi connectivity index (χ0n) is 11.2. The number of benzene rings is 1. The van der Waals surface area contributed by atoms with Crippen LogP contribution in [0.1, 0.15) is 38.2 Å². The molecule has 0 aliphatic rings. The number of hydrogen-bond donors (Lipinski definition) is 0. The van der Waals surface area contributed by atoms with Gasteiger partial charge in [-0.2, -0.15) is 0 Å². The Kier molecular flexibility index (Phi) is 5.66. The van der Waals surface area contributed by atoms with Gasteiger partial charge in [-0.3, -0.25) is 0 Å². The molecule has 0 aliphatic carbocycles. The highest BCUT2D eigenvalue weighted by Crippen LogP contribution is 2.37. The SMILES string of the molecule is COc1cc(Br)c(C(C)CCC(C)=O)cc1OC. The minimum atomic E-state index is 0.221. The normalized spacial score (nSPS) is 12.1. The molecule has 4 heteroatoms. The summed E-state index contributed by atoms with van der Waals surface area (Å²) in [5, 5.41) is 0. The van der Waals surface area contributed by atoms with Crippen molar-refractivity contribution in [2.45, 2.75) is 32.6 Å². The highest BCUT2D eigenvalue weighted by atomic mass is 79.9. The molecule has 1 aromatic carbocycles. The summed E-state index contributed by atoms with van der Waals surface area (Å²) in [6, 6.07) is 3.87. The van der Waals surface area contributed by atoms with Gasteiger partial charge < -0.3 is 14.3 Å². The van der Waals surface area contributed by atoms with Gasteiger partial charge in [0.05, 0.1) is 14.2 Å². The number of carbonyl (C=O) groups is 1. The van der Waals surface area contributed by atoms with Gasteiger partial charge in [-0.05, 0) is 37.0 Å². The molecule has 0 fully saturated rings. The van der Waals surface area contributed by atoms with Gasteiger partial charge in [0.25, 0.3) is 0 Å². The standard InChI is InChI=1S/C14H19BrO3/c1-9(5-6-10(2)16)11-7-13(17-3)14(18-4)8-12(11)15/h7-9H,5-6H2,1-4H3. The predicted molar refractivity (Wildman–Crippen MR) is 75.6 cm³/mol. The van der Waals surface area contributed by atoms with E-state index in [9.17, 15) is 4.79 Å². The summed E-state index contributed by atoms with van der Waals surface area (Å²) in [6.07, 6.45) is 1.44. The first-order valence-corrected chi connectivity index (χ1v) is 6.69. The quantitative estimate of drug-likeness (QED) is 0.797. The van der Waals surface area contributed by atoms with Crippen LogP contribution in [0.15, 0.2) is 16.6 Å². The summed E-state index contributed by atoms with van der Waals surface area (Å²) in [5.41, 5.74) is 1.13. The van der Waals surface area contributed by atoms with Gasteiger partial charge >= 0.3 is 0 Å². The van der Waals surface area contributed by atoms with Crippen molar-refractivity contribution in [3.05, 3.63) is 22.2 Å². The van der Waals surface area contributed by atoms with Crippen LogP contribution in [0, 0.1) is 0 Å². The van der Waals surface area contributed by atoms with Crippen LogP contribution in [0.25, 0.3) is 0 Å². The number of Topliss-reactive ketones (excluding diaryl/α,β-unsaturated/α-hetero) is 1. The summed E-state index contributed by atoms with van der Waals surface area (Å²) in [4.78, 5) is 11.0. The lowest BCUT2D eigenvalue weighted by atomic mass is 9.95. The summed E-state index contributed by atoms with van der Waals surface area (Å²) >= 11 is 3.54. The zero-order valence-corrected chi connectivity index (χ0v) is 12.8. The Morgan fingerprint density at radius 1 is 1.28 bits per heavy atom. The molecule has 1 aromatic rings. The van der Waals surface area contributed by atoms with Crippen molar-refractivity contribution in [2.24, 2.45) is 0 Å². The molecule has 0 saturated heterocycles. The molecule has 0 amide bonds. The largest absolute Gasteiger partial charge is 0.493 e. The van der Waals surface area contributed by atoms with Crippen LogP contribution >= 0.6 is 15.9 Å². The van der Waals surface area contributed by atoms with Gasteiger partial charge in [-0.1, -0.05) is 22.9 Å². The molecular weight excluding hydrogens is 296 g/mol. The number of ketones is 1. The van der Waals surface area contributed by atoms with Crippen LogP contribution in [0.4, 0.5) is 0 Å². The Bertz CT molecular complexity index is 429. The van der Waals surface area contributed by atoms with E-state index in [2.05, 4.69) is 22.9 Å².